The molecule has 0 bridgehead atoms. The fraction of sp³-hybridized carbons (Fsp3) is 0.647. The van der Waals surface area contributed by atoms with E-state index in [1.807, 2.05) is 18.2 Å². The van der Waals surface area contributed by atoms with Gasteiger partial charge in [0.25, 0.3) is 0 Å². The van der Waals surface area contributed by atoms with Crippen LogP contribution in [0.4, 0.5) is 0 Å². The summed E-state index contributed by atoms with van der Waals surface area (Å²) in [5.74, 6) is 0.162. The second-order valence-electron chi connectivity index (χ2n) is 6.06. The van der Waals surface area contributed by atoms with Gasteiger partial charge in [-0.05, 0) is 30.6 Å². The first-order valence-electron chi connectivity index (χ1n) is 8.13. The van der Waals surface area contributed by atoms with E-state index in [4.69, 9.17) is 10.5 Å². The third-order valence-corrected chi connectivity index (χ3v) is 4.28. The van der Waals surface area contributed by atoms with E-state index in [1.54, 1.807) is 0 Å². The van der Waals surface area contributed by atoms with Crippen LogP contribution >= 0.6 is 0 Å². The average molecular weight is 288 g/mol. The first-order chi connectivity index (χ1) is 10.2. The third kappa shape index (κ3) is 5.13. The molecule has 3 nitrogen and oxygen atoms in total. The Morgan fingerprint density at radius 1 is 1.38 bits per heavy atom. The minimum Gasteiger partial charge on any atom is -0.392 e. The van der Waals surface area contributed by atoms with Crippen molar-refractivity contribution in [1.29, 1.82) is 0 Å². The lowest BCUT2D eigenvalue weighted by Crippen LogP contribution is -2.40. The van der Waals surface area contributed by atoms with Gasteiger partial charge in [-0.1, -0.05) is 50.0 Å². The maximum atomic E-state index is 10.5. The molecule has 1 aromatic carbocycles. The van der Waals surface area contributed by atoms with E-state index in [2.05, 4.69) is 26.3 Å². The van der Waals surface area contributed by atoms with Crippen molar-refractivity contribution in [2.24, 2.45) is 5.73 Å². The van der Waals surface area contributed by atoms with Gasteiger partial charge in [-0.2, -0.15) is 0 Å². The molecule has 0 unspecified atom stereocenters. The highest BCUT2D eigenvalue weighted by molar-refractivity contribution is 6.39. The summed E-state index contributed by atoms with van der Waals surface area (Å²) in [5.41, 5.74) is 7.36. The molecule has 1 radical (unpaired) electrons. The number of unbranched alkanes of at least 4 members (excludes halogenated alkanes) is 1. The van der Waals surface area contributed by atoms with Gasteiger partial charge in [0.1, 0.15) is 7.28 Å². The summed E-state index contributed by atoms with van der Waals surface area (Å²) in [4.78, 5) is 0. The summed E-state index contributed by atoms with van der Waals surface area (Å²) < 4.78 is 5.84. The lowest BCUT2D eigenvalue weighted by molar-refractivity contribution is 0.0515. The monoisotopic (exact) mass is 288 g/mol. The number of benzene rings is 1. The molecular formula is C17H27BNO2. The van der Waals surface area contributed by atoms with Gasteiger partial charge in [-0.15, -0.1) is 0 Å². The number of aliphatic hydroxyl groups is 1. The van der Waals surface area contributed by atoms with Crippen LogP contribution in [0.5, 0.6) is 0 Å². The van der Waals surface area contributed by atoms with Gasteiger partial charge in [0.2, 0.25) is 0 Å². The summed E-state index contributed by atoms with van der Waals surface area (Å²) in [6.45, 7) is 2.99. The Hall–Kier alpha value is -0.835. The van der Waals surface area contributed by atoms with Gasteiger partial charge in [-0.3, -0.25) is 0 Å². The molecule has 4 heteroatoms. The summed E-state index contributed by atoms with van der Waals surface area (Å²) in [5, 5.41) is 10.5. The molecule has 1 heterocycles. The Morgan fingerprint density at radius 2 is 2.14 bits per heavy atom. The van der Waals surface area contributed by atoms with Crippen molar-refractivity contribution >= 4 is 7.28 Å². The highest BCUT2D eigenvalue weighted by atomic mass is 16.5. The van der Waals surface area contributed by atoms with Crippen LogP contribution in [0, 0.1) is 0 Å². The summed E-state index contributed by atoms with van der Waals surface area (Å²) in [6, 6.07) is 9.90. The van der Waals surface area contributed by atoms with E-state index >= 15 is 0 Å². The number of aliphatic hydroxyl groups excluding tert-OH is 1. The first kappa shape index (κ1) is 16.5. The standard InChI is InChI=1S/C17H27BNO2/c1-2-3-9-21-14-11-15(18-12-14)17(20)16(19)10-13-7-5-4-6-8-13/h4-8,14-17,20H,2-3,9-12,19H2,1H3/t14-,15-,16+,17-/m1/s1. The van der Waals surface area contributed by atoms with Gasteiger partial charge in [0.05, 0.1) is 12.2 Å². The van der Waals surface area contributed by atoms with Crippen molar-refractivity contribution in [2.75, 3.05) is 6.61 Å². The molecule has 2 rings (SSSR count). The molecule has 1 aromatic rings. The van der Waals surface area contributed by atoms with E-state index in [-0.39, 0.29) is 18.0 Å². The second kappa shape index (κ2) is 8.57. The predicted octanol–water partition coefficient (Wildman–Crippen LogP) is 2.42. The summed E-state index contributed by atoms with van der Waals surface area (Å²) in [7, 11) is 2.19. The van der Waals surface area contributed by atoms with Crippen LogP contribution in [0.3, 0.4) is 0 Å². The van der Waals surface area contributed by atoms with Crippen LogP contribution in [0.1, 0.15) is 31.7 Å². The van der Waals surface area contributed by atoms with Crippen molar-refractivity contribution in [3.63, 3.8) is 0 Å². The fourth-order valence-electron chi connectivity index (χ4n) is 2.96. The minimum atomic E-state index is -0.481. The topological polar surface area (TPSA) is 55.5 Å². The van der Waals surface area contributed by atoms with Crippen LogP contribution in [-0.2, 0) is 11.2 Å². The molecule has 4 atom stereocenters. The van der Waals surface area contributed by atoms with Crippen molar-refractivity contribution in [3.05, 3.63) is 35.9 Å². The van der Waals surface area contributed by atoms with Crippen molar-refractivity contribution < 1.29 is 9.84 Å². The molecular weight excluding hydrogens is 261 g/mol. The molecule has 0 aliphatic carbocycles. The molecule has 115 valence electrons. The maximum Gasteiger partial charge on any atom is 0.120 e. The zero-order valence-corrected chi connectivity index (χ0v) is 12.9. The van der Waals surface area contributed by atoms with E-state index in [9.17, 15) is 5.11 Å². The molecule has 21 heavy (non-hydrogen) atoms. The Kier molecular flexibility index (Phi) is 6.75. The summed E-state index contributed by atoms with van der Waals surface area (Å²) >= 11 is 0. The lowest BCUT2D eigenvalue weighted by Gasteiger charge is -2.25. The molecule has 0 saturated carbocycles. The van der Waals surface area contributed by atoms with Crippen LogP contribution in [0.15, 0.2) is 30.3 Å². The molecule has 1 aliphatic rings. The SMILES string of the molecule is CCCCO[C@H]1C[B][C@@H]([C@@H](O)[C@@H](N)Cc2ccccc2)C1. The van der Waals surface area contributed by atoms with E-state index in [1.165, 1.54) is 5.56 Å². The highest BCUT2D eigenvalue weighted by Gasteiger charge is 2.33. The van der Waals surface area contributed by atoms with Crippen LogP contribution in [0.2, 0.25) is 12.1 Å². The largest absolute Gasteiger partial charge is 0.392 e. The number of hydrogen-bond donors (Lipinski definition) is 2. The van der Waals surface area contributed by atoms with Crippen molar-refractivity contribution in [1.82, 2.24) is 0 Å². The lowest BCUT2D eigenvalue weighted by atomic mass is 9.63. The molecule has 3 N–H and O–H groups in total. The van der Waals surface area contributed by atoms with E-state index in [0.717, 1.165) is 32.2 Å². The maximum absolute atomic E-state index is 10.5. The minimum absolute atomic E-state index is 0.162. The number of ether oxygens (including phenoxy) is 1. The number of rotatable bonds is 8. The Morgan fingerprint density at radius 3 is 2.86 bits per heavy atom. The van der Waals surface area contributed by atoms with Crippen molar-refractivity contribution in [3.8, 4) is 0 Å². The first-order valence-corrected chi connectivity index (χ1v) is 8.13. The highest BCUT2D eigenvalue weighted by Crippen LogP contribution is 2.31. The quantitative estimate of drug-likeness (QED) is 0.570. The van der Waals surface area contributed by atoms with Crippen LogP contribution in [0.25, 0.3) is 0 Å². The molecule has 1 fully saturated rings. The van der Waals surface area contributed by atoms with E-state index < -0.39 is 6.10 Å². The van der Waals surface area contributed by atoms with Gasteiger partial charge >= 0.3 is 0 Å². The zero-order valence-electron chi connectivity index (χ0n) is 12.9. The fourth-order valence-corrected chi connectivity index (χ4v) is 2.96. The third-order valence-electron chi connectivity index (χ3n) is 4.28. The smallest absolute Gasteiger partial charge is 0.120 e. The van der Waals surface area contributed by atoms with Gasteiger partial charge in [0, 0.05) is 12.6 Å². The zero-order chi connectivity index (χ0) is 15.1. The van der Waals surface area contributed by atoms with Crippen molar-refractivity contribution in [2.45, 2.75) is 63.0 Å². The average Bonchev–Trinajstić information content (AvgIpc) is 2.96. The van der Waals surface area contributed by atoms with Gasteiger partial charge in [0.15, 0.2) is 0 Å². The molecule has 0 amide bonds. The Labute approximate surface area is 129 Å². The summed E-state index contributed by atoms with van der Waals surface area (Å²) in [6.07, 6.45) is 4.59. The van der Waals surface area contributed by atoms with Gasteiger partial charge in [-0.25, -0.2) is 0 Å². The predicted molar refractivity (Wildman–Crippen MR) is 87.7 cm³/mol. The molecule has 1 saturated heterocycles. The van der Waals surface area contributed by atoms with Crippen LogP contribution in [-0.4, -0.2) is 37.2 Å². The number of nitrogens with two attached hydrogens (primary N) is 1. The molecule has 0 spiro atoms. The second-order valence-corrected chi connectivity index (χ2v) is 6.06. The van der Waals surface area contributed by atoms with Gasteiger partial charge < -0.3 is 15.6 Å². The van der Waals surface area contributed by atoms with E-state index in [0.29, 0.717) is 6.42 Å². The normalized spacial score (nSPS) is 24.5. The Balaban J connectivity index is 1.76. The van der Waals surface area contributed by atoms with Crippen LogP contribution < -0.4 is 5.73 Å². The molecule has 1 aliphatic heterocycles. The molecule has 0 aromatic heterocycles. The number of hydrogen-bond acceptors (Lipinski definition) is 3. The Bertz CT molecular complexity index is 401.